The molecule has 7 nitrogen and oxygen atoms in total. The van der Waals surface area contributed by atoms with E-state index in [-0.39, 0.29) is 23.4 Å². The molecule has 6 rings (SSSR count). The molecule has 0 radical (unpaired) electrons. The second-order valence-corrected chi connectivity index (χ2v) is 11.6. The lowest BCUT2D eigenvalue weighted by Gasteiger charge is -2.26. The summed E-state index contributed by atoms with van der Waals surface area (Å²) in [7, 11) is -3.85. The Morgan fingerprint density at radius 3 is 2.38 bits per heavy atom. The zero-order valence-corrected chi connectivity index (χ0v) is 21.5. The van der Waals surface area contributed by atoms with Gasteiger partial charge in [-0.15, -0.1) is 0 Å². The van der Waals surface area contributed by atoms with Gasteiger partial charge in [-0.3, -0.25) is 4.98 Å². The predicted molar refractivity (Wildman–Crippen MR) is 130 cm³/mol. The molecule has 1 saturated carbocycles. The van der Waals surface area contributed by atoms with Crippen LogP contribution < -0.4 is 5.32 Å². The van der Waals surface area contributed by atoms with Crippen molar-refractivity contribution in [3.8, 4) is 11.3 Å². The standard InChI is InChI=1S/C24H20BrF4N5O2S/c1-13(22-14-6-18(7-14)34(22)37(35,36)19-4-2-17(26)3-5-19)30-9-15-8-21(31-12-20(15)25)16-10-32-23(33-11-16)24(27,28)29/h2-5,8,10-12,14,18,22,30H,1,6-7,9H2. The molecular weight excluding hydrogens is 578 g/mol. The van der Waals surface area contributed by atoms with Gasteiger partial charge < -0.3 is 5.32 Å². The minimum absolute atomic E-state index is 0.0273. The Morgan fingerprint density at radius 2 is 1.76 bits per heavy atom. The normalized spacial score (nSPS) is 21.5. The third-order valence-corrected chi connectivity index (χ3v) is 9.28. The van der Waals surface area contributed by atoms with Crippen LogP contribution in [0.5, 0.6) is 0 Å². The third-order valence-electron chi connectivity index (χ3n) is 6.62. The summed E-state index contributed by atoms with van der Waals surface area (Å²) in [6.45, 7) is 4.37. The number of halogens is 5. The molecule has 0 spiro atoms. The van der Waals surface area contributed by atoms with Gasteiger partial charge in [-0.05, 0) is 70.6 Å². The van der Waals surface area contributed by atoms with Crippen LogP contribution in [-0.2, 0) is 22.7 Å². The second-order valence-electron chi connectivity index (χ2n) is 8.95. The van der Waals surface area contributed by atoms with Crippen molar-refractivity contribution in [1.82, 2.24) is 24.6 Å². The molecule has 0 amide bonds. The molecule has 1 aliphatic carbocycles. The predicted octanol–water partition coefficient (Wildman–Crippen LogP) is 4.91. The molecule has 2 aliphatic heterocycles. The van der Waals surface area contributed by atoms with Gasteiger partial charge in [0, 0.05) is 46.9 Å². The zero-order valence-electron chi connectivity index (χ0n) is 19.1. The molecule has 37 heavy (non-hydrogen) atoms. The Bertz CT molecular complexity index is 1440. The maximum atomic E-state index is 13.4. The third kappa shape index (κ3) is 4.87. The number of fused-ring (bicyclic) bond motifs is 1. The van der Waals surface area contributed by atoms with E-state index in [1.807, 2.05) is 0 Å². The van der Waals surface area contributed by atoms with Crippen molar-refractivity contribution < 1.29 is 26.0 Å². The van der Waals surface area contributed by atoms with Gasteiger partial charge in [0.25, 0.3) is 0 Å². The van der Waals surface area contributed by atoms with Gasteiger partial charge >= 0.3 is 6.18 Å². The highest BCUT2D eigenvalue weighted by Gasteiger charge is 2.56. The highest BCUT2D eigenvalue weighted by atomic mass is 79.9. The molecule has 2 saturated heterocycles. The van der Waals surface area contributed by atoms with Crippen LogP contribution in [-0.4, -0.2) is 39.8 Å². The van der Waals surface area contributed by atoms with E-state index >= 15 is 0 Å². The van der Waals surface area contributed by atoms with E-state index < -0.39 is 33.9 Å². The van der Waals surface area contributed by atoms with E-state index in [4.69, 9.17) is 0 Å². The van der Waals surface area contributed by atoms with Crippen LogP contribution in [0.3, 0.4) is 0 Å². The number of hydrogen-bond donors (Lipinski definition) is 1. The summed E-state index contributed by atoms with van der Waals surface area (Å²) in [5.74, 6) is -1.62. The Labute approximate surface area is 218 Å². The number of alkyl halides is 3. The summed E-state index contributed by atoms with van der Waals surface area (Å²) < 4.78 is 80.5. The number of aromatic nitrogens is 3. The topological polar surface area (TPSA) is 88.1 Å². The number of nitrogens with zero attached hydrogens (tertiary/aromatic N) is 4. The Hall–Kier alpha value is -2.90. The molecule has 13 heteroatoms. The smallest absolute Gasteiger partial charge is 0.383 e. The van der Waals surface area contributed by atoms with Crippen molar-refractivity contribution in [2.45, 2.75) is 42.5 Å². The van der Waals surface area contributed by atoms with Crippen molar-refractivity contribution in [3.05, 3.63) is 82.9 Å². The van der Waals surface area contributed by atoms with Gasteiger partial charge in [0.2, 0.25) is 15.8 Å². The van der Waals surface area contributed by atoms with E-state index in [0.29, 0.717) is 21.4 Å². The maximum absolute atomic E-state index is 13.4. The van der Waals surface area contributed by atoms with Crippen LogP contribution >= 0.6 is 15.9 Å². The first-order valence-electron chi connectivity index (χ1n) is 11.2. The number of hydrogen-bond acceptors (Lipinski definition) is 6. The number of rotatable bonds is 7. The first kappa shape index (κ1) is 25.7. The van der Waals surface area contributed by atoms with E-state index in [9.17, 15) is 26.0 Å². The average Bonchev–Trinajstić information content (AvgIpc) is 3.41. The number of benzene rings is 1. The van der Waals surface area contributed by atoms with Crippen LogP contribution in [0.2, 0.25) is 0 Å². The van der Waals surface area contributed by atoms with Gasteiger partial charge in [-0.2, -0.15) is 17.5 Å². The lowest BCUT2D eigenvalue weighted by molar-refractivity contribution is -0.144. The van der Waals surface area contributed by atoms with Crippen molar-refractivity contribution in [2.24, 2.45) is 5.92 Å². The van der Waals surface area contributed by atoms with Crippen molar-refractivity contribution >= 4 is 26.0 Å². The number of nitrogens with one attached hydrogen (secondary N) is 1. The summed E-state index contributed by atoms with van der Waals surface area (Å²) in [6, 6.07) is 5.84. The molecule has 3 aliphatic rings. The Balaban J connectivity index is 1.32. The Kier molecular flexibility index (Phi) is 6.57. The summed E-state index contributed by atoms with van der Waals surface area (Å²) in [6.07, 6.45) is 0.453. The fourth-order valence-electron chi connectivity index (χ4n) is 4.74. The summed E-state index contributed by atoms with van der Waals surface area (Å²) in [5, 5.41) is 3.21. The molecular formula is C24H20BrF4N5O2S. The highest BCUT2D eigenvalue weighted by Crippen LogP contribution is 2.50. The SMILES string of the molecule is C=C(NCc1cc(-c2cnc(C(F)(F)F)nc2)ncc1Br)C1C2CC(C2)N1S(=O)(=O)c1ccc(F)cc1. The largest absolute Gasteiger partial charge is 0.451 e. The maximum Gasteiger partial charge on any atom is 0.451 e. The second kappa shape index (κ2) is 9.44. The van der Waals surface area contributed by atoms with Crippen LogP contribution in [0.1, 0.15) is 24.2 Å². The molecule has 2 bridgehead atoms. The Morgan fingerprint density at radius 1 is 1.11 bits per heavy atom. The van der Waals surface area contributed by atoms with Crippen LogP contribution in [0.25, 0.3) is 11.3 Å². The molecule has 3 aromatic rings. The first-order chi connectivity index (χ1) is 17.4. The summed E-state index contributed by atoms with van der Waals surface area (Å²) in [5.41, 5.74) is 1.94. The van der Waals surface area contributed by atoms with Gasteiger partial charge in [-0.25, -0.2) is 22.8 Å². The summed E-state index contributed by atoms with van der Waals surface area (Å²) >= 11 is 3.43. The van der Waals surface area contributed by atoms with Crippen LogP contribution in [0.15, 0.2) is 70.6 Å². The molecule has 1 aromatic carbocycles. The minimum atomic E-state index is -4.64. The molecule has 4 heterocycles. The fourth-order valence-corrected chi connectivity index (χ4v) is 6.98. The fraction of sp³-hybridized carbons (Fsp3) is 0.292. The quantitative estimate of drug-likeness (QED) is 0.389. The molecule has 2 aromatic heterocycles. The molecule has 3 fully saturated rings. The molecule has 1 unspecified atom stereocenters. The first-order valence-corrected chi connectivity index (χ1v) is 13.4. The molecule has 1 N–H and O–H groups in total. The lowest BCUT2D eigenvalue weighted by Crippen LogP contribution is -2.40. The zero-order chi connectivity index (χ0) is 26.5. The van der Waals surface area contributed by atoms with E-state index in [1.165, 1.54) is 22.6 Å². The van der Waals surface area contributed by atoms with Crippen LogP contribution in [0, 0.1) is 11.7 Å². The minimum Gasteiger partial charge on any atom is -0.383 e. The van der Waals surface area contributed by atoms with Crippen molar-refractivity contribution in [2.75, 3.05) is 0 Å². The van der Waals surface area contributed by atoms with E-state index in [1.54, 1.807) is 6.07 Å². The number of sulfonamides is 1. The lowest BCUT2D eigenvalue weighted by atomic mass is 9.82. The summed E-state index contributed by atoms with van der Waals surface area (Å²) in [4.78, 5) is 11.0. The van der Waals surface area contributed by atoms with Gasteiger partial charge in [0.1, 0.15) is 5.82 Å². The van der Waals surface area contributed by atoms with Gasteiger partial charge in [-0.1, -0.05) is 6.58 Å². The monoisotopic (exact) mass is 597 g/mol. The van der Waals surface area contributed by atoms with Crippen molar-refractivity contribution in [1.29, 1.82) is 0 Å². The molecule has 194 valence electrons. The average molecular weight is 598 g/mol. The number of pyridine rings is 1. The van der Waals surface area contributed by atoms with Gasteiger partial charge in [0.15, 0.2) is 0 Å². The van der Waals surface area contributed by atoms with Gasteiger partial charge in [0.05, 0.1) is 16.6 Å². The molecule has 1 atom stereocenters. The van der Waals surface area contributed by atoms with Crippen molar-refractivity contribution in [3.63, 3.8) is 0 Å². The van der Waals surface area contributed by atoms with E-state index in [2.05, 4.69) is 42.8 Å². The van der Waals surface area contributed by atoms with Crippen LogP contribution in [0.4, 0.5) is 17.6 Å². The highest BCUT2D eigenvalue weighted by molar-refractivity contribution is 9.10. The van der Waals surface area contributed by atoms with E-state index in [0.717, 1.165) is 42.9 Å².